The number of rotatable bonds is 4. The van der Waals surface area contributed by atoms with Gasteiger partial charge in [-0.2, -0.15) is 0 Å². The van der Waals surface area contributed by atoms with E-state index in [1.807, 2.05) is 63.2 Å². The van der Waals surface area contributed by atoms with Gasteiger partial charge in [0.15, 0.2) is 5.78 Å². The summed E-state index contributed by atoms with van der Waals surface area (Å²) in [6.07, 6.45) is 0.479. The zero-order chi connectivity index (χ0) is 13.8. The smallest absolute Gasteiger partial charge is 0.166 e. The summed E-state index contributed by atoms with van der Waals surface area (Å²) in [5.74, 6) is 1.53. The van der Waals surface area contributed by atoms with Gasteiger partial charge in [-0.1, -0.05) is 31.2 Å². The molecular formula is C17H18O2. The minimum Gasteiger partial charge on any atom is -0.456 e. The number of aryl methyl sites for hydroxylation is 2. The Balaban J connectivity index is 2.38. The molecule has 0 unspecified atom stereocenters. The number of carbonyl (C=O) groups is 1. The number of Topliss-reactive ketones (excluding diaryl/α,β-unsaturated/α-hetero) is 1. The van der Waals surface area contributed by atoms with E-state index in [0.29, 0.717) is 17.7 Å². The SMILES string of the molecule is CCC(=O)c1ccccc1Oc1cc(C)ccc1C. The number of carbonyl (C=O) groups excluding carboxylic acids is 1. The van der Waals surface area contributed by atoms with Crippen molar-refractivity contribution in [2.75, 3.05) is 0 Å². The van der Waals surface area contributed by atoms with Crippen molar-refractivity contribution in [3.8, 4) is 11.5 Å². The molecule has 0 radical (unpaired) electrons. The first kappa shape index (κ1) is 13.3. The summed E-state index contributed by atoms with van der Waals surface area (Å²) in [5, 5.41) is 0. The fourth-order valence-electron chi connectivity index (χ4n) is 1.91. The molecule has 0 spiro atoms. The Hall–Kier alpha value is -2.09. The molecule has 19 heavy (non-hydrogen) atoms. The maximum atomic E-state index is 11.9. The lowest BCUT2D eigenvalue weighted by molar-refractivity contribution is 0.0986. The van der Waals surface area contributed by atoms with Crippen LogP contribution in [-0.4, -0.2) is 5.78 Å². The van der Waals surface area contributed by atoms with Gasteiger partial charge in [-0.05, 0) is 43.2 Å². The highest BCUT2D eigenvalue weighted by Gasteiger charge is 2.11. The Labute approximate surface area is 114 Å². The van der Waals surface area contributed by atoms with E-state index in [9.17, 15) is 4.79 Å². The van der Waals surface area contributed by atoms with Crippen LogP contribution < -0.4 is 4.74 Å². The maximum absolute atomic E-state index is 11.9. The van der Waals surface area contributed by atoms with Gasteiger partial charge in [-0.3, -0.25) is 4.79 Å². The van der Waals surface area contributed by atoms with Crippen LogP contribution >= 0.6 is 0 Å². The average molecular weight is 254 g/mol. The molecule has 0 aliphatic rings. The standard InChI is InChI=1S/C17H18O2/c1-4-15(18)14-7-5-6-8-16(14)19-17-11-12(2)9-10-13(17)3/h5-11H,4H2,1-3H3. The Morgan fingerprint density at radius 3 is 2.53 bits per heavy atom. The van der Waals surface area contributed by atoms with Gasteiger partial charge in [-0.25, -0.2) is 0 Å². The van der Waals surface area contributed by atoms with Crippen LogP contribution in [0.15, 0.2) is 42.5 Å². The van der Waals surface area contributed by atoms with E-state index < -0.39 is 0 Å². The Bertz CT molecular complexity index is 600. The van der Waals surface area contributed by atoms with Crippen LogP contribution in [0.5, 0.6) is 11.5 Å². The molecule has 0 saturated carbocycles. The van der Waals surface area contributed by atoms with Gasteiger partial charge < -0.3 is 4.74 Å². The van der Waals surface area contributed by atoms with E-state index >= 15 is 0 Å². The van der Waals surface area contributed by atoms with Gasteiger partial charge in [0.2, 0.25) is 0 Å². The van der Waals surface area contributed by atoms with E-state index in [4.69, 9.17) is 4.74 Å². The van der Waals surface area contributed by atoms with E-state index in [1.54, 1.807) is 0 Å². The van der Waals surface area contributed by atoms with Gasteiger partial charge in [0, 0.05) is 6.42 Å². The minimum absolute atomic E-state index is 0.0981. The summed E-state index contributed by atoms with van der Waals surface area (Å²) < 4.78 is 5.92. The number of hydrogen-bond donors (Lipinski definition) is 0. The largest absolute Gasteiger partial charge is 0.456 e. The van der Waals surface area contributed by atoms with Crippen molar-refractivity contribution >= 4 is 5.78 Å². The summed E-state index contributed by atoms with van der Waals surface area (Å²) in [6.45, 7) is 5.88. The molecular weight excluding hydrogens is 236 g/mol. The molecule has 0 N–H and O–H groups in total. The molecule has 2 aromatic rings. The van der Waals surface area contributed by atoms with Crippen LogP contribution in [0.3, 0.4) is 0 Å². The van der Waals surface area contributed by atoms with Crippen LogP contribution in [-0.2, 0) is 0 Å². The van der Waals surface area contributed by atoms with Crippen molar-refractivity contribution in [3.05, 3.63) is 59.2 Å². The molecule has 0 aliphatic carbocycles. The molecule has 0 amide bonds. The fraction of sp³-hybridized carbons (Fsp3) is 0.235. The summed E-state index contributed by atoms with van der Waals surface area (Å²) in [5.41, 5.74) is 2.84. The van der Waals surface area contributed by atoms with E-state index in [0.717, 1.165) is 16.9 Å². The normalized spacial score (nSPS) is 10.3. The Morgan fingerprint density at radius 2 is 1.79 bits per heavy atom. The molecule has 2 rings (SSSR count). The molecule has 2 heteroatoms. The quantitative estimate of drug-likeness (QED) is 0.740. The number of ether oxygens (including phenoxy) is 1. The second-order valence-electron chi connectivity index (χ2n) is 4.64. The molecule has 98 valence electrons. The first-order valence-electron chi connectivity index (χ1n) is 6.49. The van der Waals surface area contributed by atoms with Crippen LogP contribution in [0.1, 0.15) is 34.8 Å². The first-order valence-corrected chi connectivity index (χ1v) is 6.49. The van der Waals surface area contributed by atoms with Gasteiger partial charge in [-0.15, -0.1) is 0 Å². The Kier molecular flexibility index (Phi) is 4.00. The summed E-state index contributed by atoms with van der Waals surface area (Å²) in [7, 11) is 0. The first-order chi connectivity index (χ1) is 9.11. The van der Waals surface area contributed by atoms with Crippen LogP contribution in [0.25, 0.3) is 0 Å². The third-order valence-electron chi connectivity index (χ3n) is 3.07. The monoisotopic (exact) mass is 254 g/mol. The third kappa shape index (κ3) is 3.02. The molecule has 0 aliphatic heterocycles. The summed E-state index contributed by atoms with van der Waals surface area (Å²) in [4.78, 5) is 11.9. The van der Waals surface area contributed by atoms with E-state index in [1.165, 1.54) is 0 Å². The van der Waals surface area contributed by atoms with Crippen molar-refractivity contribution in [2.24, 2.45) is 0 Å². The second kappa shape index (κ2) is 5.70. The Morgan fingerprint density at radius 1 is 1.05 bits per heavy atom. The average Bonchev–Trinajstić information content (AvgIpc) is 2.42. The van der Waals surface area contributed by atoms with Crippen molar-refractivity contribution in [1.82, 2.24) is 0 Å². The van der Waals surface area contributed by atoms with Gasteiger partial charge >= 0.3 is 0 Å². The molecule has 0 aromatic heterocycles. The zero-order valence-electron chi connectivity index (χ0n) is 11.6. The van der Waals surface area contributed by atoms with E-state index in [2.05, 4.69) is 0 Å². The summed E-state index contributed by atoms with van der Waals surface area (Å²) in [6, 6.07) is 13.4. The van der Waals surface area contributed by atoms with E-state index in [-0.39, 0.29) is 5.78 Å². The predicted molar refractivity (Wildman–Crippen MR) is 77.1 cm³/mol. The lowest BCUT2D eigenvalue weighted by Gasteiger charge is -2.12. The molecule has 2 aromatic carbocycles. The topological polar surface area (TPSA) is 26.3 Å². The molecule has 0 heterocycles. The maximum Gasteiger partial charge on any atom is 0.166 e. The van der Waals surface area contributed by atoms with Gasteiger partial charge in [0.05, 0.1) is 5.56 Å². The number of para-hydroxylation sites is 1. The van der Waals surface area contributed by atoms with Crippen molar-refractivity contribution in [2.45, 2.75) is 27.2 Å². The van der Waals surface area contributed by atoms with Crippen LogP contribution in [0.4, 0.5) is 0 Å². The van der Waals surface area contributed by atoms with Crippen molar-refractivity contribution in [3.63, 3.8) is 0 Å². The number of ketones is 1. The molecule has 0 fully saturated rings. The molecule has 2 nitrogen and oxygen atoms in total. The van der Waals surface area contributed by atoms with Crippen molar-refractivity contribution in [1.29, 1.82) is 0 Å². The third-order valence-corrected chi connectivity index (χ3v) is 3.07. The molecule has 0 atom stereocenters. The minimum atomic E-state index is 0.0981. The number of benzene rings is 2. The highest BCUT2D eigenvalue weighted by atomic mass is 16.5. The fourth-order valence-corrected chi connectivity index (χ4v) is 1.91. The molecule has 0 bridgehead atoms. The van der Waals surface area contributed by atoms with Gasteiger partial charge in [0.1, 0.15) is 11.5 Å². The highest BCUT2D eigenvalue weighted by molar-refractivity contribution is 5.98. The lowest BCUT2D eigenvalue weighted by Crippen LogP contribution is -2.00. The van der Waals surface area contributed by atoms with Crippen molar-refractivity contribution < 1.29 is 9.53 Å². The second-order valence-corrected chi connectivity index (χ2v) is 4.64. The lowest BCUT2D eigenvalue weighted by atomic mass is 10.1. The predicted octanol–water partition coefficient (Wildman–Crippen LogP) is 4.69. The van der Waals surface area contributed by atoms with Crippen LogP contribution in [0.2, 0.25) is 0 Å². The highest BCUT2D eigenvalue weighted by Crippen LogP contribution is 2.29. The zero-order valence-corrected chi connectivity index (χ0v) is 11.6. The summed E-state index contributed by atoms with van der Waals surface area (Å²) >= 11 is 0. The van der Waals surface area contributed by atoms with Crippen LogP contribution in [0, 0.1) is 13.8 Å². The number of hydrogen-bond acceptors (Lipinski definition) is 2. The van der Waals surface area contributed by atoms with Gasteiger partial charge in [0.25, 0.3) is 0 Å². The molecule has 0 saturated heterocycles.